The maximum atomic E-state index is 12.3. The molecule has 25 heavy (non-hydrogen) atoms. The van der Waals surface area contributed by atoms with Crippen LogP contribution in [0.25, 0.3) is 0 Å². The molecular formula is C19H21N3O2S. The van der Waals surface area contributed by atoms with Gasteiger partial charge in [0, 0.05) is 11.6 Å². The molecule has 6 heteroatoms. The standard InChI is InChI=1S/C19H21N3O2S/c1-12(2)20-18(24)15-6-4-5-7-16(15)21-19(25)22-17(23)14-10-8-13(3)9-11-14/h4-12H,1-3H3,(H,20,24)(H2,21,22,23,25). The molecular weight excluding hydrogens is 334 g/mol. The molecule has 2 rings (SSSR count). The topological polar surface area (TPSA) is 70.2 Å². The molecule has 2 amide bonds. The Kier molecular flexibility index (Phi) is 6.25. The maximum absolute atomic E-state index is 12.3. The molecule has 0 fully saturated rings. The summed E-state index contributed by atoms with van der Waals surface area (Å²) in [4.78, 5) is 24.5. The predicted octanol–water partition coefficient (Wildman–Crippen LogP) is 3.26. The third-order valence-electron chi connectivity index (χ3n) is 3.38. The molecule has 3 N–H and O–H groups in total. The number of thiocarbonyl (C=S) groups is 1. The number of carbonyl (C=O) groups excluding carboxylic acids is 2. The Labute approximate surface area is 152 Å². The zero-order valence-electron chi connectivity index (χ0n) is 14.4. The van der Waals surface area contributed by atoms with Gasteiger partial charge in [-0.25, -0.2) is 0 Å². The van der Waals surface area contributed by atoms with Gasteiger partial charge >= 0.3 is 0 Å². The van der Waals surface area contributed by atoms with E-state index >= 15 is 0 Å². The minimum atomic E-state index is -0.304. The van der Waals surface area contributed by atoms with Crippen molar-refractivity contribution in [2.24, 2.45) is 0 Å². The molecule has 0 aliphatic rings. The number of amides is 2. The number of nitrogens with one attached hydrogen (secondary N) is 3. The van der Waals surface area contributed by atoms with E-state index in [0.29, 0.717) is 16.8 Å². The van der Waals surface area contributed by atoms with E-state index in [1.807, 2.05) is 32.9 Å². The first-order valence-corrected chi connectivity index (χ1v) is 8.36. The molecule has 0 spiro atoms. The third kappa shape index (κ3) is 5.39. The summed E-state index contributed by atoms with van der Waals surface area (Å²) in [7, 11) is 0. The molecule has 0 saturated heterocycles. The fourth-order valence-electron chi connectivity index (χ4n) is 2.16. The van der Waals surface area contributed by atoms with E-state index in [9.17, 15) is 9.59 Å². The number of carbonyl (C=O) groups is 2. The minimum Gasteiger partial charge on any atom is -0.350 e. The van der Waals surface area contributed by atoms with Gasteiger partial charge in [0.1, 0.15) is 0 Å². The van der Waals surface area contributed by atoms with Crippen molar-refractivity contribution in [2.75, 3.05) is 5.32 Å². The van der Waals surface area contributed by atoms with Crippen LogP contribution in [0, 0.1) is 6.92 Å². The molecule has 0 aromatic heterocycles. The molecule has 0 radical (unpaired) electrons. The molecule has 5 nitrogen and oxygen atoms in total. The first-order valence-electron chi connectivity index (χ1n) is 7.95. The summed E-state index contributed by atoms with van der Waals surface area (Å²) in [6.07, 6.45) is 0. The van der Waals surface area contributed by atoms with Gasteiger partial charge in [0.15, 0.2) is 5.11 Å². The number of hydrogen-bond donors (Lipinski definition) is 3. The highest BCUT2D eigenvalue weighted by Crippen LogP contribution is 2.15. The number of anilines is 1. The maximum Gasteiger partial charge on any atom is 0.257 e. The zero-order valence-corrected chi connectivity index (χ0v) is 15.2. The molecule has 0 unspecified atom stereocenters. The average Bonchev–Trinajstić information content (AvgIpc) is 2.55. The Morgan fingerprint density at radius 2 is 1.60 bits per heavy atom. The van der Waals surface area contributed by atoms with Gasteiger partial charge in [0.05, 0.1) is 11.3 Å². The second kappa shape index (κ2) is 8.39. The highest BCUT2D eigenvalue weighted by Gasteiger charge is 2.14. The van der Waals surface area contributed by atoms with Crippen LogP contribution in [0.5, 0.6) is 0 Å². The quantitative estimate of drug-likeness (QED) is 0.736. The molecule has 0 saturated carbocycles. The normalized spacial score (nSPS) is 10.2. The van der Waals surface area contributed by atoms with E-state index in [-0.39, 0.29) is 23.0 Å². The second-order valence-corrected chi connectivity index (χ2v) is 6.36. The lowest BCUT2D eigenvalue weighted by Gasteiger charge is -2.14. The largest absolute Gasteiger partial charge is 0.350 e. The summed E-state index contributed by atoms with van der Waals surface area (Å²) in [6, 6.07) is 14.2. The van der Waals surface area contributed by atoms with Crippen molar-refractivity contribution in [3.63, 3.8) is 0 Å². The van der Waals surface area contributed by atoms with E-state index in [2.05, 4.69) is 16.0 Å². The summed E-state index contributed by atoms with van der Waals surface area (Å²) in [5.74, 6) is -0.507. The van der Waals surface area contributed by atoms with Gasteiger partial charge in [-0.3, -0.25) is 14.9 Å². The van der Waals surface area contributed by atoms with Gasteiger partial charge in [0.25, 0.3) is 11.8 Å². The van der Waals surface area contributed by atoms with Gasteiger partial charge in [-0.1, -0.05) is 29.8 Å². The summed E-state index contributed by atoms with van der Waals surface area (Å²) in [5.41, 5.74) is 2.58. The smallest absolute Gasteiger partial charge is 0.257 e. The zero-order chi connectivity index (χ0) is 18.4. The van der Waals surface area contributed by atoms with Crippen LogP contribution in [0.15, 0.2) is 48.5 Å². The van der Waals surface area contributed by atoms with Crippen LogP contribution in [0.4, 0.5) is 5.69 Å². The van der Waals surface area contributed by atoms with E-state index in [0.717, 1.165) is 5.56 Å². The van der Waals surface area contributed by atoms with Crippen LogP contribution >= 0.6 is 12.2 Å². The second-order valence-electron chi connectivity index (χ2n) is 5.95. The Morgan fingerprint density at radius 1 is 0.960 bits per heavy atom. The van der Waals surface area contributed by atoms with Gasteiger partial charge in [0.2, 0.25) is 0 Å². The fourth-order valence-corrected chi connectivity index (χ4v) is 2.37. The van der Waals surface area contributed by atoms with E-state index in [4.69, 9.17) is 12.2 Å². The first kappa shape index (κ1) is 18.6. The van der Waals surface area contributed by atoms with Crippen LogP contribution in [0.1, 0.15) is 40.1 Å². The fraction of sp³-hybridized carbons (Fsp3) is 0.211. The Hall–Kier alpha value is -2.73. The summed E-state index contributed by atoms with van der Waals surface area (Å²) in [5, 5.41) is 8.51. The number of hydrogen-bond acceptors (Lipinski definition) is 3. The summed E-state index contributed by atoms with van der Waals surface area (Å²) >= 11 is 5.20. The predicted molar refractivity (Wildman–Crippen MR) is 104 cm³/mol. The van der Waals surface area contributed by atoms with Gasteiger partial charge < -0.3 is 10.6 Å². The molecule has 0 aliphatic carbocycles. The molecule has 0 heterocycles. The Balaban J connectivity index is 2.06. The summed E-state index contributed by atoms with van der Waals surface area (Å²) < 4.78 is 0. The van der Waals surface area contributed by atoms with Crippen LogP contribution in [-0.4, -0.2) is 23.0 Å². The van der Waals surface area contributed by atoms with Gasteiger partial charge in [-0.2, -0.15) is 0 Å². The van der Waals surface area contributed by atoms with Crippen LogP contribution < -0.4 is 16.0 Å². The van der Waals surface area contributed by atoms with Crippen molar-refractivity contribution in [1.29, 1.82) is 0 Å². The van der Waals surface area contributed by atoms with E-state index < -0.39 is 0 Å². The van der Waals surface area contributed by atoms with E-state index in [1.54, 1.807) is 36.4 Å². The van der Waals surface area contributed by atoms with Crippen LogP contribution in [-0.2, 0) is 0 Å². The lowest BCUT2D eigenvalue weighted by Crippen LogP contribution is -2.35. The number of para-hydroxylation sites is 1. The molecule has 2 aromatic rings. The molecule has 0 atom stereocenters. The monoisotopic (exact) mass is 355 g/mol. The molecule has 0 bridgehead atoms. The lowest BCUT2D eigenvalue weighted by molar-refractivity contribution is 0.0942. The summed E-state index contributed by atoms with van der Waals surface area (Å²) in [6.45, 7) is 5.73. The number of aryl methyl sites for hydroxylation is 1. The lowest BCUT2D eigenvalue weighted by atomic mass is 10.1. The average molecular weight is 355 g/mol. The van der Waals surface area contributed by atoms with Crippen molar-refractivity contribution in [3.05, 3.63) is 65.2 Å². The number of rotatable bonds is 4. The van der Waals surface area contributed by atoms with Crippen molar-refractivity contribution in [1.82, 2.24) is 10.6 Å². The first-order chi connectivity index (χ1) is 11.9. The van der Waals surface area contributed by atoms with Gasteiger partial charge in [-0.15, -0.1) is 0 Å². The van der Waals surface area contributed by atoms with Gasteiger partial charge in [-0.05, 0) is 57.3 Å². The Bertz CT molecular complexity index is 786. The van der Waals surface area contributed by atoms with Crippen molar-refractivity contribution in [2.45, 2.75) is 26.8 Å². The van der Waals surface area contributed by atoms with Crippen molar-refractivity contribution in [3.8, 4) is 0 Å². The van der Waals surface area contributed by atoms with Crippen LogP contribution in [0.2, 0.25) is 0 Å². The van der Waals surface area contributed by atoms with Crippen molar-refractivity contribution >= 4 is 34.8 Å². The highest BCUT2D eigenvalue weighted by molar-refractivity contribution is 7.80. The SMILES string of the molecule is Cc1ccc(C(=O)NC(=S)Nc2ccccc2C(=O)NC(C)C)cc1. The highest BCUT2D eigenvalue weighted by atomic mass is 32.1. The molecule has 2 aromatic carbocycles. The molecule has 0 aliphatic heterocycles. The molecule has 130 valence electrons. The third-order valence-corrected chi connectivity index (χ3v) is 3.58. The van der Waals surface area contributed by atoms with Crippen molar-refractivity contribution < 1.29 is 9.59 Å². The van der Waals surface area contributed by atoms with E-state index in [1.165, 1.54) is 0 Å². The number of benzene rings is 2. The minimum absolute atomic E-state index is 0.0220. The van der Waals surface area contributed by atoms with Crippen LogP contribution in [0.3, 0.4) is 0 Å². The Morgan fingerprint density at radius 3 is 2.24 bits per heavy atom.